The molecule has 244 valence electrons. The predicted octanol–water partition coefficient (Wildman–Crippen LogP) is 4.80. The van der Waals surface area contributed by atoms with Crippen LogP contribution in [0.1, 0.15) is 42.6 Å². The molecule has 3 amide bonds. The number of hydrogen-bond acceptors (Lipinski definition) is 7. The molecule has 3 atom stereocenters. The molecule has 2 aliphatic heterocycles. The number of aliphatic imine (C=N–C) groups is 1. The van der Waals surface area contributed by atoms with Gasteiger partial charge in [-0.05, 0) is 67.4 Å². The van der Waals surface area contributed by atoms with Crippen molar-refractivity contribution in [2.24, 2.45) is 4.99 Å². The molecule has 0 aliphatic carbocycles. The van der Waals surface area contributed by atoms with Gasteiger partial charge in [-0.2, -0.15) is 0 Å². The number of ether oxygens (including phenoxy) is 2. The lowest BCUT2D eigenvalue weighted by Crippen LogP contribution is -2.55. The zero-order chi connectivity index (χ0) is 33.0. The van der Waals surface area contributed by atoms with Crippen LogP contribution in [0.2, 0.25) is 10.0 Å². The summed E-state index contributed by atoms with van der Waals surface area (Å²) in [6.07, 6.45) is 0. The Hall–Kier alpha value is -3.68. The lowest BCUT2D eigenvalue weighted by molar-refractivity contribution is -0.123. The van der Waals surface area contributed by atoms with E-state index in [4.69, 9.17) is 37.7 Å². The van der Waals surface area contributed by atoms with Gasteiger partial charge in [-0.25, -0.2) is 17.9 Å². The summed E-state index contributed by atoms with van der Waals surface area (Å²) in [5.74, 6) is 0.251. The number of nitrogens with one attached hydrogen (secondary N) is 2. The van der Waals surface area contributed by atoms with Gasteiger partial charge in [0.2, 0.25) is 15.9 Å². The smallest absolute Gasteiger partial charge is 0.326 e. The minimum atomic E-state index is -4.01. The van der Waals surface area contributed by atoms with Crippen molar-refractivity contribution in [3.05, 3.63) is 93.5 Å². The monoisotopic (exact) mass is 687 g/mol. The number of rotatable bonds is 10. The van der Waals surface area contributed by atoms with Crippen LogP contribution in [0.4, 0.5) is 4.79 Å². The van der Waals surface area contributed by atoms with Gasteiger partial charge in [-0.15, -0.1) is 0 Å². The van der Waals surface area contributed by atoms with Crippen molar-refractivity contribution >= 4 is 51.0 Å². The lowest BCUT2D eigenvalue weighted by atomic mass is 9.93. The number of amides is 3. The summed E-state index contributed by atoms with van der Waals surface area (Å²) in [5.41, 5.74) is 1.80. The molecule has 5 rings (SSSR count). The van der Waals surface area contributed by atoms with Crippen molar-refractivity contribution < 1.29 is 27.5 Å². The Morgan fingerprint density at radius 1 is 1.07 bits per heavy atom. The summed E-state index contributed by atoms with van der Waals surface area (Å²) in [6, 6.07) is 16.4. The van der Waals surface area contributed by atoms with Crippen molar-refractivity contribution in [1.29, 1.82) is 0 Å². The van der Waals surface area contributed by atoms with E-state index in [2.05, 4.69) is 10.0 Å². The molecule has 2 heterocycles. The number of hydrogen-bond donors (Lipinski definition) is 2. The Morgan fingerprint density at radius 2 is 1.72 bits per heavy atom. The fourth-order valence-electron chi connectivity index (χ4n) is 5.56. The van der Waals surface area contributed by atoms with Crippen LogP contribution in [-0.2, 0) is 19.6 Å². The van der Waals surface area contributed by atoms with Crippen LogP contribution >= 0.6 is 23.2 Å². The number of carbonyl (C=O) groups excluding carboxylic acids is 2. The molecule has 0 aromatic heterocycles. The highest BCUT2D eigenvalue weighted by Crippen LogP contribution is 2.45. The molecule has 0 saturated carbocycles. The fraction of sp³-hybridized carbons (Fsp3) is 0.344. The maximum absolute atomic E-state index is 14.5. The Kier molecular flexibility index (Phi) is 10.5. The molecule has 3 unspecified atom stereocenters. The van der Waals surface area contributed by atoms with Crippen LogP contribution < -0.4 is 14.8 Å². The molecule has 0 spiro atoms. The maximum atomic E-state index is 14.5. The minimum absolute atomic E-state index is 0.0423. The molecule has 3 aromatic carbocycles. The van der Waals surface area contributed by atoms with E-state index in [1.807, 2.05) is 24.3 Å². The number of sulfonamides is 1. The number of urea groups is 1. The van der Waals surface area contributed by atoms with Gasteiger partial charge in [0.15, 0.2) is 0 Å². The highest BCUT2D eigenvalue weighted by molar-refractivity contribution is 7.89. The van der Waals surface area contributed by atoms with Crippen molar-refractivity contribution in [2.45, 2.75) is 36.9 Å². The van der Waals surface area contributed by atoms with E-state index in [9.17, 15) is 18.0 Å². The van der Waals surface area contributed by atoms with Gasteiger partial charge < -0.3 is 19.7 Å². The molecule has 46 heavy (non-hydrogen) atoms. The van der Waals surface area contributed by atoms with Gasteiger partial charge in [-0.3, -0.25) is 14.7 Å². The summed E-state index contributed by atoms with van der Waals surface area (Å²) in [4.78, 5) is 35.0. The number of benzene rings is 3. The third-order valence-electron chi connectivity index (χ3n) is 7.58. The third kappa shape index (κ3) is 7.31. The lowest BCUT2D eigenvalue weighted by Gasteiger charge is -2.35. The van der Waals surface area contributed by atoms with Crippen LogP contribution in [-0.4, -0.2) is 82.0 Å². The summed E-state index contributed by atoms with van der Waals surface area (Å²) in [7, 11) is -2.52. The first-order valence-electron chi connectivity index (χ1n) is 14.7. The SMILES string of the molecule is CCOc1ccc(S(=O)(=O)NC(C)COC)cc1C1=NC(c2ccc(Cl)cc2)C(c2ccc(Cl)cc2)N1C(=O)N1CCNC(=O)C1. The van der Waals surface area contributed by atoms with Crippen LogP contribution in [0.3, 0.4) is 0 Å². The summed E-state index contributed by atoms with van der Waals surface area (Å²) >= 11 is 12.5. The first kappa shape index (κ1) is 33.7. The molecule has 0 bridgehead atoms. The molecule has 2 aliphatic rings. The van der Waals surface area contributed by atoms with E-state index >= 15 is 0 Å². The maximum Gasteiger partial charge on any atom is 0.326 e. The second kappa shape index (κ2) is 14.4. The Labute approximate surface area is 278 Å². The van der Waals surface area contributed by atoms with Crippen LogP contribution in [0, 0.1) is 0 Å². The minimum Gasteiger partial charge on any atom is -0.493 e. The van der Waals surface area contributed by atoms with E-state index in [0.717, 1.165) is 11.1 Å². The quantitative estimate of drug-likeness (QED) is 0.315. The summed E-state index contributed by atoms with van der Waals surface area (Å²) < 4.78 is 40.7. The van der Waals surface area contributed by atoms with E-state index in [1.54, 1.807) is 44.2 Å². The first-order valence-corrected chi connectivity index (χ1v) is 17.0. The predicted molar refractivity (Wildman–Crippen MR) is 176 cm³/mol. The van der Waals surface area contributed by atoms with E-state index in [0.29, 0.717) is 27.9 Å². The third-order valence-corrected chi connectivity index (χ3v) is 9.67. The van der Waals surface area contributed by atoms with Gasteiger partial charge in [0.05, 0.1) is 29.7 Å². The molecule has 1 fully saturated rings. The number of amidine groups is 1. The topological polar surface area (TPSA) is 130 Å². The highest BCUT2D eigenvalue weighted by atomic mass is 35.5. The van der Waals surface area contributed by atoms with Gasteiger partial charge in [0.25, 0.3) is 0 Å². The highest BCUT2D eigenvalue weighted by Gasteiger charge is 2.45. The van der Waals surface area contributed by atoms with Crippen molar-refractivity contribution in [3.63, 3.8) is 0 Å². The largest absolute Gasteiger partial charge is 0.493 e. The van der Waals surface area contributed by atoms with Gasteiger partial charge in [0, 0.05) is 36.3 Å². The number of carbonyl (C=O) groups is 2. The normalized spacial score (nSPS) is 19.1. The molecule has 0 radical (unpaired) electrons. The number of piperazine rings is 1. The summed E-state index contributed by atoms with van der Waals surface area (Å²) in [5, 5.41) is 3.80. The second-order valence-corrected chi connectivity index (χ2v) is 13.5. The fourth-order valence-corrected chi connectivity index (χ4v) is 7.06. The second-order valence-electron chi connectivity index (χ2n) is 10.9. The van der Waals surface area contributed by atoms with E-state index in [1.165, 1.54) is 29.0 Å². The standard InChI is InChI=1S/C32H35Cl2N5O6S/c1-4-45-27-14-13-25(46(42,43)37-20(2)19-44-3)17-26(27)31-36-29(21-5-9-23(33)10-6-21)30(22-7-11-24(34)12-8-22)39(31)32(41)38-16-15-35-28(40)18-38/h5-14,17,20,29-30,37H,4,15-16,18-19H2,1-3H3,(H,35,40). The molecular formula is C32H35Cl2N5O6S. The molecule has 3 aromatic rings. The number of halogens is 2. The molecule has 1 saturated heterocycles. The van der Waals surface area contributed by atoms with Gasteiger partial charge in [0.1, 0.15) is 24.2 Å². The molecule has 2 N–H and O–H groups in total. The Morgan fingerprint density at radius 3 is 2.33 bits per heavy atom. The first-order chi connectivity index (χ1) is 22.0. The van der Waals surface area contributed by atoms with Crippen molar-refractivity contribution in [1.82, 2.24) is 19.8 Å². The molecule has 14 heteroatoms. The zero-order valence-corrected chi connectivity index (χ0v) is 27.9. The van der Waals surface area contributed by atoms with E-state index in [-0.39, 0.29) is 42.9 Å². The average molecular weight is 689 g/mol. The number of methoxy groups -OCH3 is 1. The van der Waals surface area contributed by atoms with E-state index < -0.39 is 34.2 Å². The van der Waals surface area contributed by atoms with Crippen molar-refractivity contribution in [3.8, 4) is 5.75 Å². The Bertz CT molecular complexity index is 1720. The van der Waals surface area contributed by atoms with Gasteiger partial charge >= 0.3 is 6.03 Å². The average Bonchev–Trinajstić information content (AvgIpc) is 3.42. The van der Waals surface area contributed by atoms with Crippen LogP contribution in [0.25, 0.3) is 0 Å². The molecule has 11 nitrogen and oxygen atoms in total. The van der Waals surface area contributed by atoms with Crippen LogP contribution in [0.5, 0.6) is 5.75 Å². The Balaban J connectivity index is 1.72. The van der Waals surface area contributed by atoms with Crippen LogP contribution in [0.15, 0.2) is 76.6 Å². The zero-order valence-electron chi connectivity index (χ0n) is 25.6. The molecular weight excluding hydrogens is 653 g/mol. The van der Waals surface area contributed by atoms with Gasteiger partial charge in [-0.1, -0.05) is 47.5 Å². The number of nitrogens with zero attached hydrogens (tertiary/aromatic N) is 3. The summed E-state index contributed by atoms with van der Waals surface area (Å²) in [6.45, 7) is 4.38. The van der Waals surface area contributed by atoms with Crippen molar-refractivity contribution in [2.75, 3.05) is 40.0 Å².